The second-order valence-electron chi connectivity index (χ2n) is 9.18. The predicted molar refractivity (Wildman–Crippen MR) is 148 cm³/mol. The summed E-state index contributed by atoms with van der Waals surface area (Å²) in [4.78, 5) is 18.1. The van der Waals surface area contributed by atoms with Gasteiger partial charge in [0, 0.05) is 30.6 Å². The Bertz CT molecular complexity index is 1500. The van der Waals surface area contributed by atoms with Gasteiger partial charge in [-0.2, -0.15) is 4.31 Å². The molecule has 1 aliphatic heterocycles. The quantitative estimate of drug-likeness (QED) is 0.317. The number of imidazole rings is 1. The lowest BCUT2D eigenvalue weighted by Gasteiger charge is -2.24. The first-order valence-electron chi connectivity index (χ1n) is 12.7. The number of ether oxygens (including phenoxy) is 2. The smallest absolute Gasteiger partial charge is 0.243 e. The molecule has 1 aliphatic rings. The van der Waals surface area contributed by atoms with Crippen LogP contribution in [-0.4, -0.2) is 61.1 Å². The van der Waals surface area contributed by atoms with Crippen molar-refractivity contribution in [3.8, 4) is 22.7 Å². The first kappa shape index (κ1) is 26.6. The molecular weight excluding hydrogens is 516 g/mol. The summed E-state index contributed by atoms with van der Waals surface area (Å²) in [7, 11) is -2.48. The number of hydrogen-bond acceptors (Lipinski definition) is 6. The first-order valence-corrected chi connectivity index (χ1v) is 14.1. The van der Waals surface area contributed by atoms with Crippen LogP contribution in [0.5, 0.6) is 5.75 Å². The normalized spacial score (nSPS) is 15.4. The number of carbonyl (C=O) groups is 1. The van der Waals surface area contributed by atoms with E-state index in [9.17, 15) is 13.2 Å². The number of methoxy groups -OCH3 is 1. The van der Waals surface area contributed by atoms with Crippen molar-refractivity contribution in [2.75, 3.05) is 32.1 Å². The minimum Gasteiger partial charge on any atom is -0.497 e. The van der Waals surface area contributed by atoms with Crippen LogP contribution >= 0.6 is 0 Å². The van der Waals surface area contributed by atoms with Crippen LogP contribution in [0.2, 0.25) is 0 Å². The lowest BCUT2D eigenvalue weighted by molar-refractivity contribution is -0.116. The molecule has 0 spiro atoms. The van der Waals surface area contributed by atoms with E-state index in [1.807, 2.05) is 66.9 Å². The van der Waals surface area contributed by atoms with Gasteiger partial charge in [-0.05, 0) is 49.2 Å². The number of sulfonamides is 1. The van der Waals surface area contributed by atoms with Crippen LogP contribution in [0.25, 0.3) is 16.9 Å². The van der Waals surface area contributed by atoms with Crippen molar-refractivity contribution >= 4 is 21.9 Å². The van der Waals surface area contributed by atoms with Gasteiger partial charge in [-0.3, -0.25) is 14.7 Å². The third-order valence-electron chi connectivity index (χ3n) is 6.51. The fourth-order valence-corrected chi connectivity index (χ4v) is 5.91. The molecule has 1 saturated heterocycles. The molecule has 0 bridgehead atoms. The Morgan fingerprint density at radius 2 is 1.74 bits per heavy atom. The molecule has 0 unspecified atom stereocenters. The summed E-state index contributed by atoms with van der Waals surface area (Å²) < 4.78 is 41.0. The van der Waals surface area contributed by atoms with Crippen molar-refractivity contribution in [3.63, 3.8) is 0 Å². The van der Waals surface area contributed by atoms with Gasteiger partial charge in [-0.1, -0.05) is 48.5 Å². The predicted octanol–water partition coefficient (Wildman–Crippen LogP) is 4.36. The number of anilines is 1. The molecule has 39 heavy (non-hydrogen) atoms. The molecule has 1 N–H and O–H groups in total. The number of benzene rings is 3. The van der Waals surface area contributed by atoms with Crippen molar-refractivity contribution in [3.05, 3.63) is 91.1 Å². The Labute approximate surface area is 228 Å². The monoisotopic (exact) mass is 546 g/mol. The van der Waals surface area contributed by atoms with Crippen molar-refractivity contribution in [2.24, 2.45) is 0 Å². The molecule has 2 heterocycles. The number of nitrogens with zero attached hydrogens (tertiary/aromatic N) is 3. The van der Waals surface area contributed by atoms with Crippen LogP contribution in [0.15, 0.2) is 96.0 Å². The van der Waals surface area contributed by atoms with E-state index in [-0.39, 0.29) is 17.5 Å². The summed E-state index contributed by atoms with van der Waals surface area (Å²) in [5.41, 5.74) is 2.38. The maximum Gasteiger partial charge on any atom is 0.243 e. The number of aromatic nitrogens is 2. The Balaban J connectivity index is 1.42. The number of hydrogen-bond donors (Lipinski definition) is 1. The van der Waals surface area contributed by atoms with Gasteiger partial charge in [-0.15, -0.1) is 0 Å². The Kier molecular flexibility index (Phi) is 8.06. The number of para-hydroxylation sites is 1. The van der Waals surface area contributed by atoms with Crippen LogP contribution in [0.4, 0.5) is 5.95 Å². The van der Waals surface area contributed by atoms with E-state index < -0.39 is 22.5 Å². The molecule has 9 nitrogen and oxygen atoms in total. The fourth-order valence-electron chi connectivity index (χ4n) is 4.49. The van der Waals surface area contributed by atoms with Gasteiger partial charge in [0.15, 0.2) is 0 Å². The largest absolute Gasteiger partial charge is 0.497 e. The zero-order valence-corrected chi connectivity index (χ0v) is 22.4. The highest BCUT2D eigenvalue weighted by Gasteiger charge is 2.31. The van der Waals surface area contributed by atoms with Gasteiger partial charge in [0.25, 0.3) is 0 Å². The average Bonchev–Trinajstić information content (AvgIpc) is 3.64. The molecule has 0 radical (unpaired) electrons. The number of nitrogens with one attached hydrogen (secondary N) is 1. The van der Waals surface area contributed by atoms with E-state index in [4.69, 9.17) is 9.47 Å². The number of rotatable bonds is 10. The molecule has 1 amide bonds. The highest BCUT2D eigenvalue weighted by Crippen LogP contribution is 2.25. The minimum atomic E-state index is -3.99. The van der Waals surface area contributed by atoms with Crippen LogP contribution in [0.1, 0.15) is 12.8 Å². The van der Waals surface area contributed by atoms with Crippen molar-refractivity contribution in [1.82, 2.24) is 13.9 Å². The lowest BCUT2D eigenvalue weighted by Crippen LogP contribution is -2.42. The van der Waals surface area contributed by atoms with Gasteiger partial charge >= 0.3 is 0 Å². The number of amides is 1. The molecule has 10 heteroatoms. The number of carbonyl (C=O) groups excluding carboxylic acids is 1. The first-order chi connectivity index (χ1) is 18.9. The molecular formula is C29H30N4O5S. The molecule has 202 valence electrons. The van der Waals surface area contributed by atoms with Crippen molar-refractivity contribution in [1.29, 1.82) is 0 Å². The van der Waals surface area contributed by atoms with Crippen LogP contribution < -0.4 is 10.1 Å². The van der Waals surface area contributed by atoms with E-state index in [0.717, 1.165) is 24.1 Å². The minimum absolute atomic E-state index is 0.0736. The summed E-state index contributed by atoms with van der Waals surface area (Å²) >= 11 is 0. The zero-order valence-electron chi connectivity index (χ0n) is 21.6. The molecule has 1 fully saturated rings. The Morgan fingerprint density at radius 1 is 1.05 bits per heavy atom. The molecule has 1 aromatic heterocycles. The standard InChI is InChI=1S/C29H30N4O5S/c1-37-24-14-16-26(17-15-24)39(35,36)32(19-25-13-8-18-38-25)21-28(34)31-29-30-27(22-9-4-2-5-10-22)20-33(29)23-11-6-3-7-12-23/h2-7,9-12,14-17,20,25H,8,13,18-19,21H2,1H3,(H,30,31,34)/t25-/m0/s1. The average molecular weight is 547 g/mol. The summed E-state index contributed by atoms with van der Waals surface area (Å²) in [6.45, 7) is 0.255. The van der Waals surface area contributed by atoms with Crippen molar-refractivity contribution in [2.45, 2.75) is 23.8 Å². The highest BCUT2D eigenvalue weighted by molar-refractivity contribution is 7.89. The third-order valence-corrected chi connectivity index (χ3v) is 8.34. The SMILES string of the molecule is COc1ccc(S(=O)(=O)N(CC(=O)Nc2nc(-c3ccccc3)cn2-c2ccccc2)C[C@@H]2CCCO2)cc1. The fraction of sp³-hybridized carbons (Fsp3) is 0.241. The summed E-state index contributed by atoms with van der Waals surface area (Å²) in [5.74, 6) is 0.329. The maximum absolute atomic E-state index is 13.6. The molecule has 5 rings (SSSR count). The van der Waals surface area contributed by atoms with E-state index in [1.54, 1.807) is 16.7 Å². The zero-order chi connectivity index (χ0) is 27.2. The lowest BCUT2D eigenvalue weighted by atomic mass is 10.2. The second-order valence-corrected chi connectivity index (χ2v) is 11.1. The summed E-state index contributed by atoms with van der Waals surface area (Å²) in [6, 6.07) is 25.3. The molecule has 4 aromatic rings. The van der Waals surface area contributed by atoms with Gasteiger partial charge in [0.1, 0.15) is 5.75 Å². The molecule has 1 atom stereocenters. The van der Waals surface area contributed by atoms with E-state index in [0.29, 0.717) is 24.0 Å². The summed E-state index contributed by atoms with van der Waals surface area (Å²) in [6.07, 6.45) is 3.15. The maximum atomic E-state index is 13.6. The van der Waals surface area contributed by atoms with E-state index in [1.165, 1.54) is 23.5 Å². The van der Waals surface area contributed by atoms with Crippen molar-refractivity contribution < 1.29 is 22.7 Å². The highest BCUT2D eigenvalue weighted by atomic mass is 32.2. The van der Waals surface area contributed by atoms with Gasteiger partial charge < -0.3 is 9.47 Å². The Hall–Kier alpha value is -3.99. The molecule has 0 aliphatic carbocycles. The second kappa shape index (κ2) is 11.8. The van der Waals surface area contributed by atoms with Crippen LogP contribution in [0.3, 0.4) is 0 Å². The third kappa shape index (κ3) is 6.19. The van der Waals surface area contributed by atoms with E-state index in [2.05, 4.69) is 10.3 Å². The Morgan fingerprint density at radius 3 is 2.38 bits per heavy atom. The van der Waals surface area contributed by atoms with Gasteiger partial charge in [0.2, 0.25) is 21.9 Å². The van der Waals surface area contributed by atoms with Crippen LogP contribution in [0, 0.1) is 0 Å². The molecule has 0 saturated carbocycles. The topological polar surface area (TPSA) is 103 Å². The van der Waals surface area contributed by atoms with E-state index >= 15 is 0 Å². The van der Waals surface area contributed by atoms with Crippen LogP contribution in [-0.2, 0) is 19.6 Å². The van der Waals surface area contributed by atoms with Gasteiger partial charge in [0.05, 0.1) is 30.3 Å². The summed E-state index contributed by atoms with van der Waals surface area (Å²) in [5, 5.41) is 2.84. The van der Waals surface area contributed by atoms with Gasteiger partial charge in [-0.25, -0.2) is 13.4 Å². The molecule has 3 aromatic carbocycles.